The largest absolute Gasteiger partial charge is 0.497 e. The quantitative estimate of drug-likeness (QED) is 0.744. The zero-order chi connectivity index (χ0) is 18.7. The first-order valence-electron chi connectivity index (χ1n) is 7.88. The van der Waals surface area contributed by atoms with Crippen LogP contribution in [0.25, 0.3) is 22.3 Å². The molecule has 0 radical (unpaired) electrons. The number of rotatable bonds is 5. The predicted molar refractivity (Wildman–Crippen MR) is 102 cm³/mol. The van der Waals surface area contributed by atoms with E-state index < -0.39 is 10.0 Å². The highest BCUT2D eigenvalue weighted by Gasteiger charge is 2.17. The molecule has 3 aromatic rings. The molecular formula is C20H19NO4S. The average Bonchev–Trinajstić information content (AvgIpc) is 2.66. The number of benzene rings is 3. The van der Waals surface area contributed by atoms with E-state index in [-0.39, 0.29) is 4.90 Å². The van der Waals surface area contributed by atoms with E-state index >= 15 is 0 Å². The van der Waals surface area contributed by atoms with Crippen molar-refractivity contribution in [1.82, 2.24) is 0 Å². The topological polar surface area (TPSA) is 78.6 Å². The van der Waals surface area contributed by atoms with Crippen molar-refractivity contribution in [3.05, 3.63) is 66.7 Å². The normalized spacial score (nSPS) is 11.2. The van der Waals surface area contributed by atoms with Crippen LogP contribution in [0.3, 0.4) is 0 Å². The van der Waals surface area contributed by atoms with Gasteiger partial charge in [0.1, 0.15) is 11.5 Å². The Labute approximate surface area is 153 Å². The molecule has 0 aliphatic carbocycles. The molecule has 3 rings (SSSR count). The number of hydrogen-bond acceptors (Lipinski definition) is 4. The molecule has 0 aromatic heterocycles. The maximum Gasteiger partial charge on any atom is 0.238 e. The lowest BCUT2D eigenvalue weighted by Gasteiger charge is -2.15. The van der Waals surface area contributed by atoms with Crippen LogP contribution in [0.1, 0.15) is 0 Å². The number of nitrogens with two attached hydrogens (primary N) is 1. The summed E-state index contributed by atoms with van der Waals surface area (Å²) in [6.07, 6.45) is 0. The molecule has 0 bridgehead atoms. The molecule has 0 fully saturated rings. The molecule has 0 saturated heterocycles. The van der Waals surface area contributed by atoms with Crippen molar-refractivity contribution in [2.24, 2.45) is 5.14 Å². The van der Waals surface area contributed by atoms with Crippen molar-refractivity contribution in [2.45, 2.75) is 4.90 Å². The Bertz CT molecular complexity index is 1020. The molecule has 2 N–H and O–H groups in total. The van der Waals surface area contributed by atoms with E-state index in [9.17, 15) is 8.42 Å². The molecule has 5 nitrogen and oxygen atoms in total. The summed E-state index contributed by atoms with van der Waals surface area (Å²) in [5.41, 5.74) is 3.00. The van der Waals surface area contributed by atoms with Crippen molar-refractivity contribution in [2.75, 3.05) is 14.2 Å². The Morgan fingerprint density at radius 1 is 0.731 bits per heavy atom. The van der Waals surface area contributed by atoms with Crippen LogP contribution in [-0.2, 0) is 10.0 Å². The third-order valence-electron chi connectivity index (χ3n) is 4.07. The lowest BCUT2D eigenvalue weighted by molar-refractivity contribution is 0.394. The van der Waals surface area contributed by atoms with Crippen molar-refractivity contribution in [3.8, 4) is 33.8 Å². The van der Waals surface area contributed by atoms with Gasteiger partial charge in [-0.1, -0.05) is 42.5 Å². The minimum absolute atomic E-state index is 0.0855. The summed E-state index contributed by atoms with van der Waals surface area (Å²) < 4.78 is 34.7. The first-order valence-corrected chi connectivity index (χ1v) is 9.43. The number of primary sulfonamides is 1. The van der Waals surface area contributed by atoms with Crippen LogP contribution >= 0.6 is 0 Å². The number of hydrogen-bond donors (Lipinski definition) is 1. The van der Waals surface area contributed by atoms with E-state index in [2.05, 4.69) is 0 Å². The summed E-state index contributed by atoms with van der Waals surface area (Å²) in [5, 5.41) is 5.41. The van der Waals surface area contributed by atoms with Crippen molar-refractivity contribution in [1.29, 1.82) is 0 Å². The van der Waals surface area contributed by atoms with Crippen molar-refractivity contribution in [3.63, 3.8) is 0 Å². The Morgan fingerprint density at radius 2 is 1.23 bits per heavy atom. The van der Waals surface area contributed by atoms with Crippen LogP contribution < -0.4 is 14.6 Å². The fraction of sp³-hybridized carbons (Fsp3) is 0.100. The lowest BCUT2D eigenvalue weighted by atomic mass is 9.94. The molecule has 26 heavy (non-hydrogen) atoms. The zero-order valence-corrected chi connectivity index (χ0v) is 15.3. The number of sulfonamides is 1. The van der Waals surface area contributed by atoms with Gasteiger partial charge in [-0.25, -0.2) is 13.6 Å². The highest BCUT2D eigenvalue weighted by molar-refractivity contribution is 7.89. The van der Waals surface area contributed by atoms with Gasteiger partial charge in [-0.05, 0) is 34.9 Å². The van der Waals surface area contributed by atoms with Crippen LogP contribution in [0, 0.1) is 0 Å². The molecule has 0 amide bonds. The summed E-state index contributed by atoms with van der Waals surface area (Å²) in [6, 6.07) is 19.8. The minimum Gasteiger partial charge on any atom is -0.497 e. The predicted octanol–water partition coefficient (Wildman–Crippen LogP) is 3.69. The highest BCUT2D eigenvalue weighted by atomic mass is 32.2. The molecule has 134 valence electrons. The third-order valence-corrected chi connectivity index (χ3v) is 5.04. The molecule has 0 heterocycles. The zero-order valence-electron chi connectivity index (χ0n) is 14.5. The molecule has 0 aliphatic heterocycles. The second-order valence-electron chi connectivity index (χ2n) is 5.69. The van der Waals surface area contributed by atoms with Crippen molar-refractivity contribution >= 4 is 10.0 Å². The molecule has 6 heteroatoms. The van der Waals surface area contributed by atoms with Crippen LogP contribution in [0.15, 0.2) is 71.6 Å². The van der Waals surface area contributed by atoms with Crippen LogP contribution in [0.4, 0.5) is 0 Å². The first-order chi connectivity index (χ1) is 12.4. The number of ether oxygens (including phenoxy) is 2. The van der Waals surface area contributed by atoms with Crippen LogP contribution in [0.5, 0.6) is 11.5 Å². The van der Waals surface area contributed by atoms with Crippen LogP contribution in [-0.4, -0.2) is 22.6 Å². The van der Waals surface area contributed by atoms with E-state index in [4.69, 9.17) is 14.6 Å². The lowest BCUT2D eigenvalue weighted by Crippen LogP contribution is -2.13. The Hall–Kier alpha value is -2.83. The molecule has 3 aromatic carbocycles. The fourth-order valence-corrected chi connectivity index (χ4v) is 3.62. The number of methoxy groups -OCH3 is 2. The van der Waals surface area contributed by atoms with Crippen LogP contribution in [0.2, 0.25) is 0 Å². The van der Waals surface area contributed by atoms with Gasteiger partial charge in [-0.3, -0.25) is 0 Å². The van der Waals surface area contributed by atoms with Gasteiger partial charge in [0.15, 0.2) is 0 Å². The van der Waals surface area contributed by atoms with Gasteiger partial charge in [-0.2, -0.15) is 0 Å². The summed E-state index contributed by atoms with van der Waals surface area (Å²) in [4.78, 5) is 0.0855. The smallest absolute Gasteiger partial charge is 0.238 e. The monoisotopic (exact) mass is 369 g/mol. The summed E-state index contributed by atoms with van der Waals surface area (Å²) in [5.74, 6) is 1.29. The fourth-order valence-electron chi connectivity index (χ4n) is 2.87. The summed E-state index contributed by atoms with van der Waals surface area (Å²) in [6.45, 7) is 0. The van der Waals surface area contributed by atoms with E-state index in [0.717, 1.165) is 16.7 Å². The minimum atomic E-state index is -3.86. The highest BCUT2D eigenvalue weighted by Crippen LogP contribution is 2.38. The summed E-state index contributed by atoms with van der Waals surface area (Å²) >= 11 is 0. The third kappa shape index (κ3) is 3.56. The van der Waals surface area contributed by atoms with E-state index in [1.165, 1.54) is 6.07 Å². The second kappa shape index (κ2) is 7.19. The SMILES string of the molecule is COc1cc(OC)cc(-c2ccccc2-c2ccccc2S(N)(=O)=O)c1. The second-order valence-corrected chi connectivity index (χ2v) is 7.22. The van der Waals surface area contributed by atoms with Gasteiger partial charge >= 0.3 is 0 Å². The molecule has 0 saturated carbocycles. The van der Waals surface area contributed by atoms with Gasteiger partial charge in [0.25, 0.3) is 0 Å². The molecule has 0 atom stereocenters. The Balaban J connectivity index is 2.27. The maximum atomic E-state index is 12.0. The average molecular weight is 369 g/mol. The Kier molecular flexibility index (Phi) is 4.97. The van der Waals surface area contributed by atoms with Gasteiger partial charge in [-0.15, -0.1) is 0 Å². The molecule has 0 unspecified atom stereocenters. The molecular weight excluding hydrogens is 350 g/mol. The maximum absolute atomic E-state index is 12.0. The summed E-state index contributed by atoms with van der Waals surface area (Å²) in [7, 11) is -0.687. The van der Waals surface area contributed by atoms with Gasteiger partial charge in [0, 0.05) is 11.6 Å². The standard InChI is InChI=1S/C20H19NO4S/c1-24-15-11-14(12-16(13-15)25-2)17-7-3-4-8-18(17)19-9-5-6-10-20(19)26(21,22)23/h3-13H,1-2H3,(H2,21,22,23). The van der Waals surface area contributed by atoms with Gasteiger partial charge in [0.2, 0.25) is 10.0 Å². The van der Waals surface area contributed by atoms with Gasteiger partial charge < -0.3 is 9.47 Å². The molecule has 0 spiro atoms. The van der Waals surface area contributed by atoms with Gasteiger partial charge in [0.05, 0.1) is 19.1 Å². The van der Waals surface area contributed by atoms with E-state index in [1.54, 1.807) is 38.5 Å². The Morgan fingerprint density at radius 3 is 1.77 bits per heavy atom. The van der Waals surface area contributed by atoms with E-state index in [0.29, 0.717) is 17.1 Å². The van der Waals surface area contributed by atoms with E-state index in [1.807, 2.05) is 36.4 Å². The molecule has 0 aliphatic rings. The first kappa shape index (κ1) is 18.0. The van der Waals surface area contributed by atoms with Crippen molar-refractivity contribution < 1.29 is 17.9 Å².